The highest BCUT2D eigenvalue weighted by Crippen LogP contribution is 2.45. The summed E-state index contributed by atoms with van der Waals surface area (Å²) in [4.78, 5) is 72.8. The topological polar surface area (TPSA) is 237 Å². The van der Waals surface area contributed by atoms with Crippen molar-refractivity contribution in [3.05, 3.63) is 0 Å². The van der Waals surface area contributed by atoms with Gasteiger partial charge in [-0.15, -0.1) is 0 Å². The number of ether oxygens (including phenoxy) is 4. The minimum absolute atomic E-state index is 0.102. The SMILES string of the molecule is CCCCCCCCCCCCCCCCCCCCCC(=O)OC[C@H](COP(=O)(O)OC[C@@H](O)COP(=O)(O)OC[C@@H](COC(=O)CCCCCCCCC(C)C)OC(=O)CCCCCCCCC(C)CC)OC(=O)CCCCCCCCCCCCCCCCCCCCC. The third kappa shape index (κ3) is 70.9. The first-order valence-electron chi connectivity index (χ1n) is 40.5. The Morgan fingerprint density at radius 2 is 0.526 bits per heavy atom. The second-order valence-electron chi connectivity index (χ2n) is 28.8. The molecule has 0 spiro atoms. The van der Waals surface area contributed by atoms with E-state index in [0.717, 1.165) is 102 Å². The zero-order valence-electron chi connectivity index (χ0n) is 63.4. The Morgan fingerprint density at radius 3 is 0.784 bits per heavy atom. The van der Waals surface area contributed by atoms with E-state index >= 15 is 0 Å². The highest BCUT2D eigenvalue weighted by Gasteiger charge is 2.30. The number of unbranched alkanes of at least 4 members (excludes halogenated alkanes) is 46. The predicted molar refractivity (Wildman–Crippen MR) is 395 cm³/mol. The van der Waals surface area contributed by atoms with E-state index in [-0.39, 0.29) is 25.7 Å². The number of phosphoric acid groups is 2. The summed E-state index contributed by atoms with van der Waals surface area (Å²) in [6, 6.07) is 0. The number of hydrogen-bond acceptors (Lipinski definition) is 15. The maximum absolute atomic E-state index is 13.1. The fraction of sp³-hybridized carbons (Fsp3) is 0.949. The van der Waals surface area contributed by atoms with Gasteiger partial charge in [0.1, 0.15) is 19.3 Å². The lowest BCUT2D eigenvalue weighted by Crippen LogP contribution is -2.30. The zero-order chi connectivity index (χ0) is 71.4. The van der Waals surface area contributed by atoms with Crippen molar-refractivity contribution in [1.82, 2.24) is 0 Å². The molecule has 0 aliphatic carbocycles. The third-order valence-corrected chi connectivity index (χ3v) is 20.5. The third-order valence-electron chi connectivity index (χ3n) is 18.6. The number of aliphatic hydroxyl groups is 1. The van der Waals surface area contributed by atoms with Gasteiger partial charge in [0.15, 0.2) is 12.2 Å². The van der Waals surface area contributed by atoms with Crippen molar-refractivity contribution in [2.24, 2.45) is 11.8 Å². The standard InChI is InChI=1S/C78H152O17P2/c1-7-10-12-14-16-18-20-22-24-26-28-30-32-34-36-38-40-48-54-60-75(80)88-66-73(94-77(82)62-56-50-41-39-37-35-33-31-29-27-25-23-21-19-17-15-13-11-8-2)68-92-96(84,85)90-64-72(79)65-91-97(86,87)93-69-74(67-89-76(81)61-55-49-44-42-46-52-58-70(4)5)95-78(83)63-57-51-45-43-47-53-59-71(6)9-3/h70-74,79H,7-69H2,1-6H3,(H,84,85)(H,86,87)/t71?,72-,73-,74-/m1/s1. The van der Waals surface area contributed by atoms with E-state index < -0.39 is 97.5 Å². The van der Waals surface area contributed by atoms with E-state index in [0.29, 0.717) is 31.6 Å². The fourth-order valence-corrected chi connectivity index (χ4v) is 13.6. The quantitative estimate of drug-likeness (QED) is 0.0222. The van der Waals surface area contributed by atoms with Crippen LogP contribution in [0.4, 0.5) is 0 Å². The van der Waals surface area contributed by atoms with Crippen LogP contribution >= 0.6 is 15.6 Å². The number of carbonyl (C=O) groups is 4. The second-order valence-corrected chi connectivity index (χ2v) is 31.7. The van der Waals surface area contributed by atoms with Crippen LogP contribution < -0.4 is 0 Å². The summed E-state index contributed by atoms with van der Waals surface area (Å²) < 4.78 is 68.5. The number of esters is 4. The summed E-state index contributed by atoms with van der Waals surface area (Å²) in [5, 5.41) is 10.6. The summed E-state index contributed by atoms with van der Waals surface area (Å²) in [6.07, 6.45) is 58.7. The highest BCUT2D eigenvalue weighted by molar-refractivity contribution is 7.47. The molecule has 0 amide bonds. The van der Waals surface area contributed by atoms with E-state index in [1.54, 1.807) is 0 Å². The fourth-order valence-electron chi connectivity index (χ4n) is 12.0. The average Bonchev–Trinajstić information content (AvgIpc) is 1.40. The molecule has 0 aliphatic heterocycles. The van der Waals surface area contributed by atoms with E-state index in [1.807, 2.05) is 0 Å². The van der Waals surface area contributed by atoms with Crippen LogP contribution in [0.15, 0.2) is 0 Å². The van der Waals surface area contributed by atoms with Crippen molar-refractivity contribution < 1.29 is 80.2 Å². The Labute approximate surface area is 594 Å². The molecule has 0 bridgehead atoms. The molecule has 19 heteroatoms. The minimum atomic E-state index is -4.96. The lowest BCUT2D eigenvalue weighted by Gasteiger charge is -2.21. The van der Waals surface area contributed by atoms with Gasteiger partial charge in [-0.25, -0.2) is 9.13 Å². The first kappa shape index (κ1) is 95.1. The van der Waals surface area contributed by atoms with Crippen molar-refractivity contribution in [2.75, 3.05) is 39.6 Å². The molecule has 0 aromatic rings. The van der Waals surface area contributed by atoms with Crippen LogP contribution in [-0.4, -0.2) is 96.7 Å². The van der Waals surface area contributed by atoms with Crippen LogP contribution in [0, 0.1) is 11.8 Å². The van der Waals surface area contributed by atoms with Crippen LogP contribution in [0.25, 0.3) is 0 Å². The number of hydrogen-bond donors (Lipinski definition) is 3. The molecule has 576 valence electrons. The minimum Gasteiger partial charge on any atom is -0.462 e. The number of aliphatic hydroxyl groups excluding tert-OH is 1. The zero-order valence-corrected chi connectivity index (χ0v) is 65.2. The molecular weight excluding hydrogens is 1270 g/mol. The first-order valence-corrected chi connectivity index (χ1v) is 43.5. The molecule has 3 N–H and O–H groups in total. The van der Waals surface area contributed by atoms with E-state index in [1.165, 1.54) is 218 Å². The molecule has 0 fully saturated rings. The number of rotatable bonds is 77. The molecule has 0 rings (SSSR count). The predicted octanol–water partition coefficient (Wildman–Crippen LogP) is 23.1. The van der Waals surface area contributed by atoms with Gasteiger partial charge in [-0.2, -0.15) is 0 Å². The first-order chi connectivity index (χ1) is 46.9. The van der Waals surface area contributed by atoms with Crippen molar-refractivity contribution in [3.63, 3.8) is 0 Å². The van der Waals surface area contributed by atoms with Crippen LogP contribution in [0.1, 0.15) is 408 Å². The maximum atomic E-state index is 13.1. The molecular formula is C78H152O17P2. The van der Waals surface area contributed by atoms with Gasteiger partial charge in [-0.3, -0.25) is 37.3 Å². The van der Waals surface area contributed by atoms with Crippen LogP contribution in [-0.2, 0) is 65.4 Å². The molecule has 3 unspecified atom stereocenters. The van der Waals surface area contributed by atoms with Gasteiger partial charge in [0.25, 0.3) is 0 Å². The lowest BCUT2D eigenvalue weighted by atomic mass is 10.00. The summed E-state index contributed by atoms with van der Waals surface area (Å²) in [5.74, 6) is -0.720. The van der Waals surface area contributed by atoms with Gasteiger partial charge in [0.2, 0.25) is 0 Å². The van der Waals surface area contributed by atoms with Gasteiger partial charge < -0.3 is 33.8 Å². The second kappa shape index (κ2) is 69.8. The molecule has 0 saturated carbocycles. The van der Waals surface area contributed by atoms with Crippen molar-refractivity contribution >= 4 is 39.5 Å². The van der Waals surface area contributed by atoms with E-state index in [2.05, 4.69) is 41.5 Å². The van der Waals surface area contributed by atoms with Gasteiger partial charge >= 0.3 is 39.5 Å². The Morgan fingerprint density at radius 1 is 0.299 bits per heavy atom. The van der Waals surface area contributed by atoms with E-state index in [9.17, 15) is 43.2 Å². The van der Waals surface area contributed by atoms with Crippen LogP contribution in [0.2, 0.25) is 0 Å². The molecule has 17 nitrogen and oxygen atoms in total. The monoisotopic (exact) mass is 1420 g/mol. The van der Waals surface area contributed by atoms with Gasteiger partial charge in [0, 0.05) is 25.7 Å². The molecule has 0 aliphatic rings. The molecule has 0 aromatic heterocycles. The Hall–Kier alpha value is -1.94. The van der Waals surface area contributed by atoms with Gasteiger partial charge in [-0.05, 0) is 37.5 Å². The van der Waals surface area contributed by atoms with Crippen LogP contribution in [0.5, 0.6) is 0 Å². The lowest BCUT2D eigenvalue weighted by molar-refractivity contribution is -0.161. The summed E-state index contributed by atoms with van der Waals surface area (Å²) in [5.41, 5.74) is 0. The summed E-state index contributed by atoms with van der Waals surface area (Å²) >= 11 is 0. The van der Waals surface area contributed by atoms with Crippen molar-refractivity contribution in [3.8, 4) is 0 Å². The molecule has 0 saturated heterocycles. The Bertz CT molecular complexity index is 1870. The van der Waals surface area contributed by atoms with Gasteiger partial charge in [-0.1, -0.05) is 356 Å². The van der Waals surface area contributed by atoms with Crippen molar-refractivity contribution in [2.45, 2.75) is 426 Å². The van der Waals surface area contributed by atoms with Crippen molar-refractivity contribution in [1.29, 1.82) is 0 Å². The normalized spacial score (nSPS) is 14.2. The smallest absolute Gasteiger partial charge is 0.462 e. The molecule has 6 atom stereocenters. The molecule has 0 heterocycles. The largest absolute Gasteiger partial charge is 0.472 e. The summed E-state index contributed by atoms with van der Waals surface area (Å²) in [6.45, 7) is 9.47. The number of carbonyl (C=O) groups excluding carboxylic acids is 4. The molecule has 97 heavy (non-hydrogen) atoms. The Balaban J connectivity index is 5.19. The number of phosphoric ester groups is 2. The molecule has 0 aromatic carbocycles. The maximum Gasteiger partial charge on any atom is 0.472 e. The Kier molecular flexibility index (Phi) is 68.4. The average molecular weight is 1420 g/mol. The highest BCUT2D eigenvalue weighted by atomic mass is 31.2. The van der Waals surface area contributed by atoms with Gasteiger partial charge in [0.05, 0.1) is 26.4 Å². The van der Waals surface area contributed by atoms with E-state index in [4.69, 9.17) is 37.0 Å². The summed E-state index contributed by atoms with van der Waals surface area (Å²) in [7, 11) is -9.91. The molecule has 0 radical (unpaired) electrons. The van der Waals surface area contributed by atoms with Crippen LogP contribution in [0.3, 0.4) is 0 Å².